The molecule has 1 rings (SSSR count). The predicted molar refractivity (Wildman–Crippen MR) is 75.2 cm³/mol. The SMILES string of the molecule is COc1ccc(CCC(=O)NCC(C)CCO)cc1. The van der Waals surface area contributed by atoms with E-state index in [1.165, 1.54) is 0 Å². The summed E-state index contributed by atoms with van der Waals surface area (Å²) in [4.78, 5) is 11.6. The number of rotatable bonds is 8. The number of aliphatic hydroxyl groups is 1. The summed E-state index contributed by atoms with van der Waals surface area (Å²) in [7, 11) is 1.63. The molecule has 1 atom stereocenters. The highest BCUT2D eigenvalue weighted by Crippen LogP contribution is 2.12. The molecule has 0 fully saturated rings. The first-order valence-electron chi connectivity index (χ1n) is 6.66. The summed E-state index contributed by atoms with van der Waals surface area (Å²) in [6, 6.07) is 7.74. The monoisotopic (exact) mass is 265 g/mol. The van der Waals surface area contributed by atoms with Gasteiger partial charge in [-0.15, -0.1) is 0 Å². The van der Waals surface area contributed by atoms with E-state index in [0.717, 1.165) is 24.2 Å². The summed E-state index contributed by atoms with van der Waals surface area (Å²) < 4.78 is 5.08. The van der Waals surface area contributed by atoms with Crippen LogP contribution in [0.3, 0.4) is 0 Å². The number of ether oxygens (including phenoxy) is 1. The van der Waals surface area contributed by atoms with Crippen molar-refractivity contribution >= 4 is 5.91 Å². The van der Waals surface area contributed by atoms with Crippen molar-refractivity contribution in [1.82, 2.24) is 5.32 Å². The molecule has 0 spiro atoms. The highest BCUT2D eigenvalue weighted by Gasteiger charge is 2.05. The Balaban J connectivity index is 2.25. The van der Waals surface area contributed by atoms with Crippen LogP contribution in [0.1, 0.15) is 25.3 Å². The molecular weight excluding hydrogens is 242 g/mol. The summed E-state index contributed by atoms with van der Waals surface area (Å²) in [5.74, 6) is 1.20. The maximum absolute atomic E-state index is 11.6. The second kappa shape index (κ2) is 8.53. The van der Waals surface area contributed by atoms with Crippen LogP contribution < -0.4 is 10.1 Å². The number of amides is 1. The van der Waals surface area contributed by atoms with Gasteiger partial charge in [0.2, 0.25) is 5.91 Å². The van der Waals surface area contributed by atoms with Gasteiger partial charge in [-0.25, -0.2) is 0 Å². The molecule has 1 aromatic carbocycles. The van der Waals surface area contributed by atoms with Crippen LogP contribution in [0.4, 0.5) is 0 Å². The summed E-state index contributed by atoms with van der Waals surface area (Å²) in [6.45, 7) is 2.81. The van der Waals surface area contributed by atoms with Crippen molar-refractivity contribution in [3.63, 3.8) is 0 Å². The highest BCUT2D eigenvalue weighted by molar-refractivity contribution is 5.76. The third-order valence-corrected chi connectivity index (χ3v) is 3.07. The Morgan fingerprint density at radius 2 is 2.05 bits per heavy atom. The van der Waals surface area contributed by atoms with E-state index < -0.39 is 0 Å². The van der Waals surface area contributed by atoms with Crippen molar-refractivity contribution in [2.75, 3.05) is 20.3 Å². The molecule has 19 heavy (non-hydrogen) atoms. The molecule has 0 bridgehead atoms. The number of aliphatic hydroxyl groups excluding tert-OH is 1. The van der Waals surface area contributed by atoms with E-state index in [1.807, 2.05) is 31.2 Å². The maximum atomic E-state index is 11.6. The predicted octanol–water partition coefficient (Wildman–Crippen LogP) is 1.76. The number of carbonyl (C=O) groups excluding carboxylic acids is 1. The molecule has 1 amide bonds. The Morgan fingerprint density at radius 1 is 1.37 bits per heavy atom. The molecule has 0 saturated carbocycles. The second-order valence-electron chi connectivity index (χ2n) is 4.77. The molecule has 0 aliphatic heterocycles. The Kier molecular flexibility index (Phi) is 6.97. The summed E-state index contributed by atoms with van der Waals surface area (Å²) in [6.07, 6.45) is 1.93. The van der Waals surface area contributed by atoms with E-state index in [4.69, 9.17) is 9.84 Å². The first-order valence-corrected chi connectivity index (χ1v) is 6.66. The normalized spacial score (nSPS) is 11.9. The lowest BCUT2D eigenvalue weighted by molar-refractivity contribution is -0.121. The number of carbonyl (C=O) groups is 1. The van der Waals surface area contributed by atoms with Crippen LogP contribution in [0.2, 0.25) is 0 Å². The first-order chi connectivity index (χ1) is 9.15. The van der Waals surface area contributed by atoms with Gasteiger partial charge in [-0.05, 0) is 36.5 Å². The summed E-state index contributed by atoms with van der Waals surface area (Å²) >= 11 is 0. The molecule has 4 heteroatoms. The Bertz CT molecular complexity index is 375. The topological polar surface area (TPSA) is 58.6 Å². The maximum Gasteiger partial charge on any atom is 0.220 e. The van der Waals surface area contributed by atoms with Crippen LogP contribution in [0.5, 0.6) is 5.75 Å². The molecule has 1 aromatic rings. The van der Waals surface area contributed by atoms with Crippen molar-refractivity contribution in [1.29, 1.82) is 0 Å². The molecule has 1 unspecified atom stereocenters. The molecular formula is C15H23NO3. The Morgan fingerprint density at radius 3 is 2.63 bits per heavy atom. The number of benzene rings is 1. The van der Waals surface area contributed by atoms with Gasteiger partial charge >= 0.3 is 0 Å². The molecule has 0 aliphatic carbocycles. The number of hydrogen-bond donors (Lipinski definition) is 2. The van der Waals surface area contributed by atoms with Gasteiger partial charge in [0, 0.05) is 19.6 Å². The lowest BCUT2D eigenvalue weighted by Crippen LogP contribution is -2.28. The standard InChI is InChI=1S/C15H23NO3/c1-12(9-10-17)11-16-15(18)8-5-13-3-6-14(19-2)7-4-13/h3-4,6-7,12,17H,5,8-11H2,1-2H3,(H,16,18). The number of hydrogen-bond acceptors (Lipinski definition) is 3. The van der Waals surface area contributed by atoms with Gasteiger partial charge in [0.1, 0.15) is 5.75 Å². The third kappa shape index (κ3) is 6.25. The van der Waals surface area contributed by atoms with Gasteiger partial charge in [-0.3, -0.25) is 4.79 Å². The number of nitrogens with one attached hydrogen (secondary N) is 1. The van der Waals surface area contributed by atoms with Gasteiger partial charge in [0.15, 0.2) is 0 Å². The zero-order chi connectivity index (χ0) is 14.1. The minimum absolute atomic E-state index is 0.0561. The molecule has 4 nitrogen and oxygen atoms in total. The zero-order valence-corrected chi connectivity index (χ0v) is 11.7. The molecule has 0 aromatic heterocycles. The van der Waals surface area contributed by atoms with Crippen molar-refractivity contribution in [2.45, 2.75) is 26.2 Å². The van der Waals surface area contributed by atoms with Gasteiger partial charge in [-0.1, -0.05) is 19.1 Å². The minimum atomic E-state index is 0.0561. The van der Waals surface area contributed by atoms with Crippen molar-refractivity contribution in [2.24, 2.45) is 5.92 Å². The summed E-state index contributed by atoms with van der Waals surface area (Å²) in [5, 5.41) is 11.7. The molecule has 0 aliphatic rings. The van der Waals surface area contributed by atoms with Crippen LogP contribution in [-0.2, 0) is 11.2 Å². The van der Waals surface area contributed by atoms with Crippen LogP contribution in [0, 0.1) is 5.92 Å². The zero-order valence-electron chi connectivity index (χ0n) is 11.7. The Labute approximate surface area is 114 Å². The number of aryl methyl sites for hydroxylation is 1. The van der Waals surface area contributed by atoms with Crippen LogP contribution in [-0.4, -0.2) is 31.3 Å². The van der Waals surface area contributed by atoms with Crippen LogP contribution in [0.15, 0.2) is 24.3 Å². The lowest BCUT2D eigenvalue weighted by atomic mass is 10.1. The van der Waals surface area contributed by atoms with E-state index in [2.05, 4.69) is 5.32 Å². The largest absolute Gasteiger partial charge is 0.497 e. The fraction of sp³-hybridized carbons (Fsp3) is 0.533. The average Bonchev–Trinajstić information content (AvgIpc) is 2.44. The Hall–Kier alpha value is -1.55. The van der Waals surface area contributed by atoms with Crippen molar-refractivity contribution in [3.8, 4) is 5.75 Å². The van der Waals surface area contributed by atoms with Crippen molar-refractivity contribution in [3.05, 3.63) is 29.8 Å². The molecule has 0 heterocycles. The van der Waals surface area contributed by atoms with E-state index >= 15 is 0 Å². The van der Waals surface area contributed by atoms with E-state index in [0.29, 0.717) is 18.9 Å². The van der Waals surface area contributed by atoms with E-state index in [-0.39, 0.29) is 12.5 Å². The number of methoxy groups -OCH3 is 1. The molecule has 0 saturated heterocycles. The second-order valence-corrected chi connectivity index (χ2v) is 4.77. The van der Waals surface area contributed by atoms with Crippen LogP contribution >= 0.6 is 0 Å². The van der Waals surface area contributed by atoms with Gasteiger partial charge < -0.3 is 15.2 Å². The van der Waals surface area contributed by atoms with Crippen molar-refractivity contribution < 1.29 is 14.6 Å². The van der Waals surface area contributed by atoms with Gasteiger partial charge in [0.25, 0.3) is 0 Å². The third-order valence-electron chi connectivity index (χ3n) is 3.07. The highest BCUT2D eigenvalue weighted by atomic mass is 16.5. The van der Waals surface area contributed by atoms with E-state index in [9.17, 15) is 4.79 Å². The fourth-order valence-electron chi connectivity index (χ4n) is 1.75. The molecule has 106 valence electrons. The van der Waals surface area contributed by atoms with E-state index in [1.54, 1.807) is 7.11 Å². The van der Waals surface area contributed by atoms with Crippen LogP contribution in [0.25, 0.3) is 0 Å². The first kappa shape index (κ1) is 15.5. The minimum Gasteiger partial charge on any atom is -0.497 e. The van der Waals surface area contributed by atoms with Gasteiger partial charge in [-0.2, -0.15) is 0 Å². The molecule has 2 N–H and O–H groups in total. The quantitative estimate of drug-likeness (QED) is 0.753. The lowest BCUT2D eigenvalue weighted by Gasteiger charge is -2.11. The molecule has 0 radical (unpaired) electrons. The average molecular weight is 265 g/mol. The van der Waals surface area contributed by atoms with Gasteiger partial charge in [0.05, 0.1) is 7.11 Å². The smallest absolute Gasteiger partial charge is 0.220 e. The fourth-order valence-corrected chi connectivity index (χ4v) is 1.75. The summed E-state index contributed by atoms with van der Waals surface area (Å²) in [5.41, 5.74) is 1.12.